The molecule has 0 unspecified atom stereocenters. The van der Waals surface area contributed by atoms with Gasteiger partial charge in [-0.3, -0.25) is 15.1 Å². The average Bonchev–Trinajstić information content (AvgIpc) is 2.44. The lowest BCUT2D eigenvalue weighted by atomic mass is 10.1. The molecule has 0 aliphatic heterocycles. The van der Waals surface area contributed by atoms with E-state index in [-0.39, 0.29) is 29.3 Å². The van der Waals surface area contributed by atoms with Crippen LogP contribution < -0.4 is 5.11 Å². The molecule has 0 amide bonds. The number of nitrogens with zero attached hydrogens (tertiary/aromatic N) is 2. The third-order valence-electron chi connectivity index (χ3n) is 2.74. The molecule has 2 aromatic rings. The second kappa shape index (κ2) is 6.23. The van der Waals surface area contributed by atoms with Crippen LogP contribution in [0.5, 0.6) is 11.5 Å². The van der Waals surface area contributed by atoms with Crippen LogP contribution in [0.1, 0.15) is 11.1 Å². The molecule has 0 heterocycles. The van der Waals surface area contributed by atoms with Gasteiger partial charge < -0.3 is 10.2 Å². The summed E-state index contributed by atoms with van der Waals surface area (Å²) in [4.78, 5) is 14.1. The third kappa shape index (κ3) is 3.70. The van der Waals surface area contributed by atoms with E-state index in [1.807, 2.05) is 0 Å². The van der Waals surface area contributed by atoms with Gasteiger partial charge in [-0.1, -0.05) is 17.7 Å². The molecule has 108 valence electrons. The van der Waals surface area contributed by atoms with Crippen LogP contribution in [0.2, 0.25) is 5.02 Å². The van der Waals surface area contributed by atoms with Gasteiger partial charge in [0.25, 0.3) is 5.69 Å². The maximum atomic E-state index is 11.6. The number of halogens is 1. The summed E-state index contributed by atoms with van der Waals surface area (Å²) in [5, 5.41) is 32.3. The van der Waals surface area contributed by atoms with Crippen molar-refractivity contribution in [3.05, 3.63) is 62.7 Å². The summed E-state index contributed by atoms with van der Waals surface area (Å²) in [5.41, 5.74) is 0.452. The molecule has 0 atom stereocenters. The summed E-state index contributed by atoms with van der Waals surface area (Å²) >= 11 is 5.80. The Bertz CT molecular complexity index is 716. The number of non-ortho nitro benzene ring substituents is 1. The van der Waals surface area contributed by atoms with Gasteiger partial charge in [0.1, 0.15) is 5.75 Å². The predicted octanol–water partition coefficient (Wildman–Crippen LogP) is 2.65. The van der Waals surface area contributed by atoms with Crippen LogP contribution in [0.4, 0.5) is 5.69 Å². The van der Waals surface area contributed by atoms with Crippen molar-refractivity contribution in [1.29, 1.82) is 0 Å². The van der Waals surface area contributed by atoms with Crippen molar-refractivity contribution < 1.29 is 15.1 Å². The van der Waals surface area contributed by atoms with Crippen molar-refractivity contribution in [2.75, 3.05) is 0 Å². The molecule has 2 rings (SSSR count). The lowest BCUT2D eigenvalue weighted by molar-refractivity contribution is -0.385. The highest BCUT2D eigenvalue weighted by Crippen LogP contribution is 2.22. The van der Waals surface area contributed by atoms with Gasteiger partial charge >= 0.3 is 0 Å². The van der Waals surface area contributed by atoms with E-state index >= 15 is 0 Å². The number of phenols is 1. The maximum Gasteiger partial charge on any atom is 0.269 e. The van der Waals surface area contributed by atoms with E-state index in [0.29, 0.717) is 10.6 Å². The average molecular weight is 306 g/mol. The van der Waals surface area contributed by atoms with Gasteiger partial charge in [-0.05, 0) is 23.8 Å². The number of hydrogen-bond donors (Lipinski definition) is 1. The Kier molecular flexibility index (Phi) is 4.39. The van der Waals surface area contributed by atoms with Crippen LogP contribution in [0.25, 0.3) is 0 Å². The topological polar surface area (TPSA) is 98.8 Å². The van der Waals surface area contributed by atoms with Crippen molar-refractivity contribution in [2.24, 2.45) is 4.99 Å². The molecule has 0 aliphatic carbocycles. The number of phenolic OH excluding ortho intramolecular Hbond substituents is 1. The first-order chi connectivity index (χ1) is 9.97. The molecule has 1 N–H and O–H groups in total. The van der Waals surface area contributed by atoms with E-state index in [1.165, 1.54) is 30.5 Å². The van der Waals surface area contributed by atoms with E-state index in [1.54, 1.807) is 0 Å². The van der Waals surface area contributed by atoms with Gasteiger partial charge in [0.05, 0.1) is 11.5 Å². The molecule has 0 fully saturated rings. The first-order valence-corrected chi connectivity index (χ1v) is 6.28. The fourth-order valence-electron chi connectivity index (χ4n) is 1.67. The standard InChI is InChI=1S/C14H11ClN2O4/c15-11-1-3-13(18)9(5-11)7-16-8-10-6-12(17(20)21)2-4-14(10)19/h1-7,18-19H,8H2/p-1. The van der Waals surface area contributed by atoms with Gasteiger partial charge in [0.2, 0.25) is 0 Å². The first-order valence-electron chi connectivity index (χ1n) is 5.90. The predicted molar refractivity (Wildman–Crippen MR) is 77.0 cm³/mol. The summed E-state index contributed by atoms with van der Waals surface area (Å²) in [6.45, 7) is -0.0214. The number of aromatic hydroxyl groups is 1. The normalized spacial score (nSPS) is 10.9. The Morgan fingerprint density at radius 3 is 2.76 bits per heavy atom. The monoisotopic (exact) mass is 305 g/mol. The highest BCUT2D eigenvalue weighted by atomic mass is 35.5. The van der Waals surface area contributed by atoms with E-state index in [2.05, 4.69) is 4.99 Å². The van der Waals surface area contributed by atoms with Gasteiger partial charge in [0, 0.05) is 28.9 Å². The van der Waals surface area contributed by atoms with Crippen LogP contribution in [0.15, 0.2) is 41.4 Å². The molecule has 0 aliphatic rings. The molecule has 21 heavy (non-hydrogen) atoms. The van der Waals surface area contributed by atoms with Crippen LogP contribution in [0.3, 0.4) is 0 Å². The number of nitro groups is 1. The zero-order valence-corrected chi connectivity index (χ0v) is 11.4. The lowest BCUT2D eigenvalue weighted by Gasteiger charge is -2.10. The van der Waals surface area contributed by atoms with Crippen molar-refractivity contribution >= 4 is 23.5 Å². The second-order valence-corrected chi connectivity index (χ2v) is 4.66. The summed E-state index contributed by atoms with van der Waals surface area (Å²) in [6.07, 6.45) is 1.36. The van der Waals surface area contributed by atoms with E-state index in [0.717, 1.165) is 12.1 Å². The minimum absolute atomic E-state index is 0.00420. The van der Waals surface area contributed by atoms with E-state index in [9.17, 15) is 20.3 Å². The Labute approximate surface area is 125 Å². The van der Waals surface area contributed by atoms with Crippen molar-refractivity contribution in [3.63, 3.8) is 0 Å². The largest absolute Gasteiger partial charge is 0.872 e. The zero-order valence-electron chi connectivity index (χ0n) is 10.7. The number of aliphatic imine (C=N–C) groups is 1. The van der Waals surface area contributed by atoms with E-state index in [4.69, 9.17) is 11.6 Å². The first kappa shape index (κ1) is 14.8. The minimum atomic E-state index is -0.574. The summed E-state index contributed by atoms with van der Waals surface area (Å²) in [5.74, 6) is -0.322. The fourth-order valence-corrected chi connectivity index (χ4v) is 1.85. The summed E-state index contributed by atoms with van der Waals surface area (Å²) in [7, 11) is 0. The molecule has 0 saturated heterocycles. The summed E-state index contributed by atoms with van der Waals surface area (Å²) < 4.78 is 0. The second-order valence-electron chi connectivity index (χ2n) is 4.22. The Hall–Kier alpha value is -2.60. The molecule has 2 aromatic carbocycles. The SMILES string of the molecule is O=[N+]([O-])c1ccc([O-])c(CN=Cc2cc(Cl)ccc2O)c1. The highest BCUT2D eigenvalue weighted by molar-refractivity contribution is 6.30. The number of rotatable bonds is 4. The Morgan fingerprint density at radius 2 is 2.05 bits per heavy atom. The molecule has 0 bridgehead atoms. The molecule has 0 spiro atoms. The Balaban J connectivity index is 2.19. The fraction of sp³-hybridized carbons (Fsp3) is 0.0714. The maximum absolute atomic E-state index is 11.6. The highest BCUT2D eigenvalue weighted by Gasteiger charge is 2.06. The number of nitro benzene ring substituents is 1. The van der Waals surface area contributed by atoms with Crippen molar-refractivity contribution in [1.82, 2.24) is 0 Å². The quantitative estimate of drug-likeness (QED) is 0.533. The minimum Gasteiger partial charge on any atom is -0.872 e. The lowest BCUT2D eigenvalue weighted by Crippen LogP contribution is -1.98. The van der Waals surface area contributed by atoms with Crippen molar-refractivity contribution in [3.8, 4) is 11.5 Å². The smallest absolute Gasteiger partial charge is 0.269 e. The molecular weight excluding hydrogens is 296 g/mol. The van der Waals surface area contributed by atoms with Crippen LogP contribution >= 0.6 is 11.6 Å². The molecule has 0 saturated carbocycles. The van der Waals surface area contributed by atoms with Crippen molar-refractivity contribution in [2.45, 2.75) is 6.54 Å². The third-order valence-corrected chi connectivity index (χ3v) is 2.97. The molecular formula is C14H10ClN2O4-. The number of hydrogen-bond acceptors (Lipinski definition) is 5. The van der Waals surface area contributed by atoms with Gasteiger partial charge in [-0.25, -0.2) is 0 Å². The van der Waals surface area contributed by atoms with Crippen LogP contribution in [-0.4, -0.2) is 16.2 Å². The van der Waals surface area contributed by atoms with Crippen LogP contribution in [-0.2, 0) is 6.54 Å². The molecule has 6 nitrogen and oxygen atoms in total. The molecule has 7 heteroatoms. The van der Waals surface area contributed by atoms with Crippen LogP contribution in [0, 0.1) is 10.1 Å². The van der Waals surface area contributed by atoms with E-state index < -0.39 is 4.92 Å². The molecule has 0 radical (unpaired) electrons. The Morgan fingerprint density at radius 1 is 1.29 bits per heavy atom. The van der Waals surface area contributed by atoms with Gasteiger partial charge in [-0.15, -0.1) is 5.75 Å². The molecule has 0 aromatic heterocycles. The van der Waals surface area contributed by atoms with Gasteiger partial charge in [-0.2, -0.15) is 0 Å². The number of benzene rings is 2. The van der Waals surface area contributed by atoms with Gasteiger partial charge in [0.15, 0.2) is 0 Å². The zero-order chi connectivity index (χ0) is 15.4. The summed E-state index contributed by atoms with van der Waals surface area (Å²) in [6, 6.07) is 7.96.